The fourth-order valence-corrected chi connectivity index (χ4v) is 4.50. The molecule has 31 heavy (non-hydrogen) atoms. The second-order valence-electron chi connectivity index (χ2n) is 8.05. The molecule has 3 aliphatic rings. The lowest BCUT2D eigenvalue weighted by molar-refractivity contribution is -0.116. The molecule has 7 heteroatoms. The van der Waals surface area contributed by atoms with Crippen molar-refractivity contribution < 1.29 is 19.1 Å². The number of carbonyl (C=O) groups is 2. The molecule has 1 aromatic carbocycles. The summed E-state index contributed by atoms with van der Waals surface area (Å²) in [5, 5.41) is 6.24. The summed E-state index contributed by atoms with van der Waals surface area (Å²) in [6, 6.07) is 9.30. The second-order valence-corrected chi connectivity index (χ2v) is 8.05. The molecule has 1 unspecified atom stereocenters. The lowest BCUT2D eigenvalue weighted by Crippen LogP contribution is -2.35. The van der Waals surface area contributed by atoms with Crippen LogP contribution in [0.3, 0.4) is 0 Å². The van der Waals surface area contributed by atoms with Gasteiger partial charge in [0.15, 0.2) is 17.3 Å². The first-order valence-electron chi connectivity index (χ1n) is 10.4. The largest absolute Gasteiger partial charge is 0.454 e. The minimum Gasteiger partial charge on any atom is -0.454 e. The number of benzene rings is 1. The molecule has 2 aliphatic heterocycles. The molecule has 0 saturated carbocycles. The van der Waals surface area contributed by atoms with E-state index in [0.29, 0.717) is 34.9 Å². The molecule has 1 aromatic heterocycles. The second kappa shape index (κ2) is 7.58. The van der Waals surface area contributed by atoms with Gasteiger partial charge in [-0.2, -0.15) is 0 Å². The number of pyridine rings is 1. The van der Waals surface area contributed by atoms with Crippen molar-refractivity contribution in [2.45, 2.75) is 39.0 Å². The van der Waals surface area contributed by atoms with E-state index in [1.807, 2.05) is 44.2 Å². The van der Waals surface area contributed by atoms with Crippen LogP contribution in [0.15, 0.2) is 59.1 Å². The van der Waals surface area contributed by atoms with E-state index in [4.69, 9.17) is 9.47 Å². The van der Waals surface area contributed by atoms with Crippen LogP contribution in [-0.4, -0.2) is 23.5 Å². The molecule has 2 aromatic rings. The Morgan fingerprint density at radius 1 is 1.13 bits per heavy atom. The van der Waals surface area contributed by atoms with Gasteiger partial charge in [-0.25, -0.2) is 4.98 Å². The molecular formula is C24H23N3O4. The van der Waals surface area contributed by atoms with E-state index in [1.54, 1.807) is 6.20 Å². The fourth-order valence-electron chi connectivity index (χ4n) is 4.50. The summed E-state index contributed by atoms with van der Waals surface area (Å²) in [5.41, 5.74) is 4.64. The molecule has 5 rings (SSSR count). The molecule has 158 valence electrons. The van der Waals surface area contributed by atoms with Crippen molar-refractivity contribution in [2.24, 2.45) is 0 Å². The molecule has 1 aliphatic carbocycles. The average Bonchev–Trinajstić information content (AvgIpc) is 3.20. The maximum Gasteiger partial charge on any atom is 0.255 e. The number of nitrogens with one attached hydrogen (secondary N) is 2. The summed E-state index contributed by atoms with van der Waals surface area (Å²) in [7, 11) is 0. The van der Waals surface area contributed by atoms with Crippen molar-refractivity contribution in [1.82, 2.24) is 10.3 Å². The molecule has 1 atom stereocenters. The molecule has 0 saturated heterocycles. The normalized spacial score (nSPS) is 19.8. The summed E-state index contributed by atoms with van der Waals surface area (Å²) in [6.07, 6.45) is 3.73. The number of Topliss-reactive ketones (excluding diaryl/α,β-unsaturated/α-hetero) is 1. The number of aromatic nitrogens is 1. The van der Waals surface area contributed by atoms with Gasteiger partial charge in [0.05, 0.1) is 0 Å². The summed E-state index contributed by atoms with van der Waals surface area (Å²) in [5.74, 6) is 1.07. The highest BCUT2D eigenvalue weighted by atomic mass is 16.7. The third kappa shape index (κ3) is 3.46. The van der Waals surface area contributed by atoms with E-state index in [2.05, 4.69) is 15.6 Å². The molecule has 2 N–H and O–H groups in total. The lowest BCUT2D eigenvalue weighted by atomic mass is 9.75. The van der Waals surface area contributed by atoms with Gasteiger partial charge in [-0.15, -0.1) is 0 Å². The third-order valence-corrected chi connectivity index (χ3v) is 5.91. The molecule has 0 radical (unpaired) electrons. The van der Waals surface area contributed by atoms with E-state index >= 15 is 0 Å². The number of dihydropyridines is 1. The third-order valence-electron chi connectivity index (χ3n) is 5.91. The van der Waals surface area contributed by atoms with Crippen LogP contribution >= 0.6 is 0 Å². The molecule has 0 fully saturated rings. The van der Waals surface area contributed by atoms with Crippen LogP contribution in [0, 0.1) is 6.92 Å². The highest BCUT2D eigenvalue weighted by molar-refractivity contribution is 6.09. The predicted molar refractivity (Wildman–Crippen MR) is 115 cm³/mol. The number of nitrogens with zero attached hydrogens (tertiary/aromatic N) is 1. The fraction of sp³-hybridized carbons (Fsp3) is 0.292. The van der Waals surface area contributed by atoms with Crippen LogP contribution < -0.4 is 20.1 Å². The van der Waals surface area contributed by atoms with Gasteiger partial charge in [0.2, 0.25) is 6.79 Å². The molecule has 0 spiro atoms. The average molecular weight is 417 g/mol. The molecular weight excluding hydrogens is 394 g/mol. The van der Waals surface area contributed by atoms with E-state index in [-0.39, 0.29) is 18.5 Å². The monoisotopic (exact) mass is 417 g/mol. The quantitative estimate of drug-likeness (QED) is 0.791. The van der Waals surface area contributed by atoms with Crippen LogP contribution in [0.25, 0.3) is 0 Å². The number of hydrogen-bond acceptors (Lipinski definition) is 6. The summed E-state index contributed by atoms with van der Waals surface area (Å²) in [6.45, 7) is 3.98. The summed E-state index contributed by atoms with van der Waals surface area (Å²) >= 11 is 0. The van der Waals surface area contributed by atoms with E-state index < -0.39 is 5.92 Å². The molecule has 3 heterocycles. The highest BCUT2D eigenvalue weighted by Gasteiger charge is 2.39. The number of anilines is 1. The zero-order valence-corrected chi connectivity index (χ0v) is 17.5. The topological polar surface area (TPSA) is 89.6 Å². The zero-order valence-electron chi connectivity index (χ0n) is 17.5. The standard InChI is InChI=1S/C24H23N3O4/c1-13-8-9-25-20(10-13)27-24(29)21-14(2)26-16-4-3-5-17(28)23(16)22(21)15-6-7-18-19(11-15)31-12-30-18/h6-11,22,26H,3-5,12H2,1-2H3,(H,25,27,29). The predicted octanol–water partition coefficient (Wildman–Crippen LogP) is 3.73. The molecule has 1 amide bonds. The SMILES string of the molecule is CC1=C(C(=O)Nc2cc(C)ccn2)C(c2ccc3c(c2)OCO3)C2=C(CCCC2=O)N1. The first-order chi connectivity index (χ1) is 15.0. The van der Waals surface area contributed by atoms with Crippen molar-refractivity contribution >= 4 is 17.5 Å². The van der Waals surface area contributed by atoms with Crippen LogP contribution in [0.5, 0.6) is 11.5 Å². The van der Waals surface area contributed by atoms with Gasteiger partial charge in [-0.1, -0.05) is 6.07 Å². The minimum absolute atomic E-state index is 0.0721. The summed E-state index contributed by atoms with van der Waals surface area (Å²) < 4.78 is 11.0. The molecule has 0 bridgehead atoms. The van der Waals surface area contributed by atoms with Crippen molar-refractivity contribution in [3.05, 3.63) is 70.2 Å². The number of fused-ring (bicyclic) bond motifs is 1. The van der Waals surface area contributed by atoms with Crippen molar-refractivity contribution in [1.29, 1.82) is 0 Å². The number of allylic oxidation sites excluding steroid dienone is 3. The Bertz CT molecular complexity index is 1170. The van der Waals surface area contributed by atoms with Crippen molar-refractivity contribution in [3.63, 3.8) is 0 Å². The Morgan fingerprint density at radius 2 is 1.97 bits per heavy atom. The Kier molecular flexibility index (Phi) is 4.73. The van der Waals surface area contributed by atoms with Crippen LogP contribution in [-0.2, 0) is 9.59 Å². The van der Waals surface area contributed by atoms with E-state index in [0.717, 1.165) is 35.4 Å². The van der Waals surface area contributed by atoms with E-state index in [1.165, 1.54) is 0 Å². The number of rotatable bonds is 3. The number of ether oxygens (including phenoxy) is 2. The van der Waals surface area contributed by atoms with E-state index in [9.17, 15) is 9.59 Å². The van der Waals surface area contributed by atoms with Gasteiger partial charge in [-0.3, -0.25) is 9.59 Å². The van der Waals surface area contributed by atoms with Crippen molar-refractivity contribution in [3.8, 4) is 11.5 Å². The number of aryl methyl sites for hydroxylation is 1. The summed E-state index contributed by atoms with van der Waals surface area (Å²) in [4.78, 5) is 30.7. The number of hydrogen-bond donors (Lipinski definition) is 2. The number of amides is 1. The van der Waals surface area contributed by atoms with Gasteiger partial charge in [0.25, 0.3) is 5.91 Å². The smallest absolute Gasteiger partial charge is 0.255 e. The number of carbonyl (C=O) groups excluding carboxylic acids is 2. The van der Waals surface area contributed by atoms with Crippen LogP contribution in [0.2, 0.25) is 0 Å². The van der Waals surface area contributed by atoms with Gasteiger partial charge in [0, 0.05) is 41.1 Å². The lowest BCUT2D eigenvalue weighted by Gasteiger charge is -2.34. The van der Waals surface area contributed by atoms with Crippen LogP contribution in [0.1, 0.15) is 43.2 Å². The minimum atomic E-state index is -0.483. The van der Waals surface area contributed by atoms with Crippen LogP contribution in [0.4, 0.5) is 5.82 Å². The zero-order chi connectivity index (χ0) is 21.5. The Morgan fingerprint density at radius 3 is 2.81 bits per heavy atom. The highest BCUT2D eigenvalue weighted by Crippen LogP contribution is 2.45. The first kappa shape index (κ1) is 19.4. The Labute approximate surface area is 180 Å². The van der Waals surface area contributed by atoms with Gasteiger partial charge >= 0.3 is 0 Å². The Balaban J connectivity index is 1.59. The van der Waals surface area contributed by atoms with Crippen molar-refractivity contribution in [2.75, 3.05) is 12.1 Å². The maximum absolute atomic E-state index is 13.4. The van der Waals surface area contributed by atoms with Gasteiger partial charge < -0.3 is 20.1 Å². The van der Waals surface area contributed by atoms with Gasteiger partial charge in [0.1, 0.15) is 5.82 Å². The Hall–Kier alpha value is -3.61. The number of ketones is 1. The van der Waals surface area contributed by atoms with Gasteiger partial charge in [-0.05, 0) is 62.1 Å². The first-order valence-corrected chi connectivity index (χ1v) is 10.4. The maximum atomic E-state index is 13.4. The molecule has 7 nitrogen and oxygen atoms in total.